The van der Waals surface area contributed by atoms with Crippen molar-refractivity contribution in [2.45, 2.75) is 52.1 Å². The maximum Gasteiger partial charge on any atom is 0.135 e. The molecule has 2 aromatic rings. The van der Waals surface area contributed by atoms with Crippen LogP contribution in [0.25, 0.3) is 0 Å². The highest BCUT2D eigenvalue weighted by Gasteiger charge is 2.23. The molecule has 0 radical (unpaired) electrons. The Balaban J connectivity index is 1.33. The maximum atomic E-state index is 5.57. The smallest absolute Gasteiger partial charge is 0.135 e. The summed E-state index contributed by atoms with van der Waals surface area (Å²) in [6.07, 6.45) is 3.28. The van der Waals surface area contributed by atoms with Gasteiger partial charge in [0.1, 0.15) is 17.4 Å². The third kappa shape index (κ3) is 3.05. The molecule has 1 N–H and O–H groups in total. The van der Waals surface area contributed by atoms with Crippen LogP contribution in [0, 0.1) is 5.92 Å². The van der Waals surface area contributed by atoms with Gasteiger partial charge in [-0.2, -0.15) is 0 Å². The number of hydrogen-bond acceptors (Lipinski definition) is 4. The summed E-state index contributed by atoms with van der Waals surface area (Å²) in [7, 11) is 0. The van der Waals surface area contributed by atoms with Crippen LogP contribution in [0.15, 0.2) is 18.2 Å². The van der Waals surface area contributed by atoms with Gasteiger partial charge in [0.25, 0.3) is 0 Å². The second-order valence-electron chi connectivity index (χ2n) is 7.32. The average molecular weight is 326 g/mol. The van der Waals surface area contributed by atoms with Gasteiger partial charge in [0, 0.05) is 31.8 Å². The molecule has 0 saturated carbocycles. The fourth-order valence-electron chi connectivity index (χ4n) is 3.78. The molecule has 1 atom stereocenters. The highest BCUT2D eigenvalue weighted by Crippen LogP contribution is 2.26. The summed E-state index contributed by atoms with van der Waals surface area (Å²) in [6.45, 7) is 8.22. The predicted molar refractivity (Wildman–Crippen MR) is 93.3 cm³/mol. The second-order valence-corrected chi connectivity index (χ2v) is 7.32. The minimum atomic E-state index is 0.437. The van der Waals surface area contributed by atoms with Crippen molar-refractivity contribution < 1.29 is 4.74 Å². The lowest BCUT2D eigenvalue weighted by molar-refractivity contribution is 0.340. The van der Waals surface area contributed by atoms with E-state index in [-0.39, 0.29) is 0 Å². The van der Waals surface area contributed by atoms with Crippen LogP contribution < -0.4 is 10.1 Å². The van der Waals surface area contributed by atoms with E-state index in [1.54, 1.807) is 0 Å². The summed E-state index contributed by atoms with van der Waals surface area (Å²) in [4.78, 5) is 0. The summed E-state index contributed by atoms with van der Waals surface area (Å²) in [5.41, 5.74) is 2.70. The molecule has 2 aliphatic heterocycles. The first-order valence-corrected chi connectivity index (χ1v) is 9.08. The minimum Gasteiger partial charge on any atom is -0.493 e. The molecule has 0 spiro atoms. The lowest BCUT2D eigenvalue weighted by Gasteiger charge is -2.25. The first-order chi connectivity index (χ1) is 11.7. The van der Waals surface area contributed by atoms with Crippen molar-refractivity contribution in [3.05, 3.63) is 41.0 Å². The zero-order chi connectivity index (χ0) is 16.5. The molecule has 5 heteroatoms. The molecule has 2 aliphatic rings. The molecule has 0 fully saturated rings. The first kappa shape index (κ1) is 15.6. The van der Waals surface area contributed by atoms with Gasteiger partial charge in [-0.3, -0.25) is 0 Å². The fraction of sp³-hybridized carbons (Fsp3) is 0.579. The largest absolute Gasteiger partial charge is 0.493 e. The van der Waals surface area contributed by atoms with E-state index in [1.165, 1.54) is 17.5 Å². The minimum absolute atomic E-state index is 0.437. The van der Waals surface area contributed by atoms with Crippen LogP contribution in [-0.4, -0.2) is 27.9 Å². The van der Waals surface area contributed by atoms with Crippen LogP contribution in [0.4, 0.5) is 0 Å². The van der Waals surface area contributed by atoms with Gasteiger partial charge >= 0.3 is 0 Å². The molecule has 1 aromatic carbocycles. The molecule has 0 bridgehead atoms. The Hall–Kier alpha value is -1.88. The fourth-order valence-corrected chi connectivity index (χ4v) is 3.78. The van der Waals surface area contributed by atoms with E-state index in [1.807, 2.05) is 0 Å². The number of aromatic nitrogens is 3. The normalized spacial score (nSPS) is 19.2. The molecule has 24 heavy (non-hydrogen) atoms. The molecular formula is C19H26N4O. The number of benzene rings is 1. The maximum absolute atomic E-state index is 5.57. The first-order valence-electron chi connectivity index (χ1n) is 9.08. The summed E-state index contributed by atoms with van der Waals surface area (Å²) in [5, 5.41) is 12.4. The molecule has 4 rings (SSSR count). The lowest BCUT2D eigenvalue weighted by Crippen LogP contribution is -2.30. The zero-order valence-electron chi connectivity index (χ0n) is 14.6. The summed E-state index contributed by atoms with van der Waals surface area (Å²) in [5.74, 6) is 4.45. The SMILES string of the molecule is CC(C)c1nnc2n1C[C@H](CNCc1ccc3c(c1)CCO3)CC2. The van der Waals surface area contributed by atoms with Gasteiger partial charge < -0.3 is 14.6 Å². The van der Waals surface area contributed by atoms with Gasteiger partial charge in [0.05, 0.1) is 6.61 Å². The molecule has 1 aromatic heterocycles. The van der Waals surface area contributed by atoms with Crippen LogP contribution in [0.5, 0.6) is 5.75 Å². The van der Waals surface area contributed by atoms with Gasteiger partial charge in [-0.25, -0.2) is 0 Å². The van der Waals surface area contributed by atoms with Crippen LogP contribution in [0.2, 0.25) is 0 Å². The van der Waals surface area contributed by atoms with Crippen molar-refractivity contribution in [3.8, 4) is 5.75 Å². The number of hydrogen-bond donors (Lipinski definition) is 1. The van der Waals surface area contributed by atoms with E-state index >= 15 is 0 Å². The van der Waals surface area contributed by atoms with Gasteiger partial charge in [-0.15, -0.1) is 10.2 Å². The second kappa shape index (κ2) is 6.55. The highest BCUT2D eigenvalue weighted by atomic mass is 16.5. The molecule has 0 aliphatic carbocycles. The number of nitrogens with zero attached hydrogens (tertiary/aromatic N) is 3. The Morgan fingerprint density at radius 2 is 2.21 bits per heavy atom. The quantitative estimate of drug-likeness (QED) is 0.918. The average Bonchev–Trinajstić information content (AvgIpc) is 3.20. The summed E-state index contributed by atoms with van der Waals surface area (Å²) < 4.78 is 7.91. The van der Waals surface area contributed by atoms with Crippen molar-refractivity contribution in [2.75, 3.05) is 13.2 Å². The molecule has 5 nitrogen and oxygen atoms in total. The molecule has 0 saturated heterocycles. The van der Waals surface area contributed by atoms with Crippen molar-refractivity contribution in [3.63, 3.8) is 0 Å². The zero-order valence-corrected chi connectivity index (χ0v) is 14.6. The van der Waals surface area contributed by atoms with Crippen LogP contribution >= 0.6 is 0 Å². The Bertz CT molecular complexity index is 722. The van der Waals surface area contributed by atoms with Crippen LogP contribution in [-0.2, 0) is 25.9 Å². The topological polar surface area (TPSA) is 52.0 Å². The number of aryl methyl sites for hydroxylation is 1. The van der Waals surface area contributed by atoms with E-state index < -0.39 is 0 Å². The van der Waals surface area contributed by atoms with Crippen molar-refractivity contribution in [1.29, 1.82) is 0 Å². The monoisotopic (exact) mass is 326 g/mol. The lowest BCUT2D eigenvalue weighted by atomic mass is 9.98. The van der Waals surface area contributed by atoms with E-state index in [2.05, 4.69) is 52.1 Å². The molecule has 0 unspecified atom stereocenters. The third-order valence-electron chi connectivity index (χ3n) is 5.11. The Morgan fingerprint density at radius 3 is 3.08 bits per heavy atom. The predicted octanol–water partition coefficient (Wildman–Crippen LogP) is 2.69. The van der Waals surface area contributed by atoms with Crippen molar-refractivity contribution in [1.82, 2.24) is 20.1 Å². The summed E-state index contributed by atoms with van der Waals surface area (Å²) >= 11 is 0. The van der Waals surface area contributed by atoms with Gasteiger partial charge in [-0.05, 0) is 36.1 Å². The Morgan fingerprint density at radius 1 is 1.29 bits per heavy atom. The number of nitrogens with one attached hydrogen (secondary N) is 1. The molecule has 3 heterocycles. The Kier molecular flexibility index (Phi) is 4.27. The van der Waals surface area contributed by atoms with E-state index in [4.69, 9.17) is 4.74 Å². The van der Waals surface area contributed by atoms with E-state index in [0.717, 1.165) is 56.5 Å². The van der Waals surface area contributed by atoms with Gasteiger partial charge in [-0.1, -0.05) is 26.0 Å². The molecular weight excluding hydrogens is 300 g/mol. The van der Waals surface area contributed by atoms with Gasteiger partial charge in [0.2, 0.25) is 0 Å². The van der Waals surface area contributed by atoms with Crippen molar-refractivity contribution >= 4 is 0 Å². The van der Waals surface area contributed by atoms with Crippen LogP contribution in [0.1, 0.15) is 49.0 Å². The van der Waals surface area contributed by atoms with Gasteiger partial charge in [0.15, 0.2) is 0 Å². The van der Waals surface area contributed by atoms with Crippen LogP contribution in [0.3, 0.4) is 0 Å². The highest BCUT2D eigenvalue weighted by molar-refractivity contribution is 5.39. The van der Waals surface area contributed by atoms with E-state index in [0.29, 0.717) is 11.8 Å². The number of ether oxygens (including phenoxy) is 1. The number of fused-ring (bicyclic) bond motifs is 2. The number of rotatable bonds is 5. The third-order valence-corrected chi connectivity index (χ3v) is 5.11. The molecule has 128 valence electrons. The Labute approximate surface area is 143 Å². The summed E-state index contributed by atoms with van der Waals surface area (Å²) in [6, 6.07) is 6.57. The van der Waals surface area contributed by atoms with Crippen molar-refractivity contribution in [2.24, 2.45) is 5.92 Å². The molecule has 0 amide bonds. The standard InChI is InChI=1S/C19H26N4O/c1-13(2)19-22-21-18-6-4-15(12-23(18)19)11-20-10-14-3-5-17-16(9-14)7-8-24-17/h3,5,9,13,15,20H,4,6-8,10-12H2,1-2H3/t15-/m0/s1. The van der Waals surface area contributed by atoms with E-state index in [9.17, 15) is 0 Å².